The number of ether oxygens (including phenoxy) is 2. The van der Waals surface area contributed by atoms with Crippen molar-refractivity contribution in [2.45, 2.75) is 57.4 Å². The predicted molar refractivity (Wildman–Crippen MR) is 125 cm³/mol. The van der Waals surface area contributed by atoms with E-state index in [1.807, 2.05) is 25.1 Å². The minimum Gasteiger partial charge on any atom is -0.489 e. The second kappa shape index (κ2) is 11.7. The van der Waals surface area contributed by atoms with Crippen LogP contribution in [0, 0.1) is 6.92 Å². The molecule has 1 amide bonds. The van der Waals surface area contributed by atoms with E-state index in [0.717, 1.165) is 31.2 Å². The molecule has 7 heteroatoms. The molecule has 0 aromatic heterocycles. The van der Waals surface area contributed by atoms with Crippen LogP contribution in [0.25, 0.3) is 0 Å². The number of hydrogen-bond acceptors (Lipinski definition) is 5. The molecule has 1 aliphatic carbocycles. The number of rotatable bonds is 10. The lowest BCUT2D eigenvalue weighted by atomic mass is 9.90. The molecule has 7 nitrogen and oxygen atoms in total. The Morgan fingerprint density at radius 3 is 2.36 bits per heavy atom. The predicted octanol–water partition coefficient (Wildman–Crippen LogP) is 3.90. The van der Waals surface area contributed by atoms with Crippen LogP contribution in [0.1, 0.15) is 60.0 Å². The number of amides is 1. The van der Waals surface area contributed by atoms with Gasteiger partial charge in [0.05, 0.1) is 13.2 Å². The van der Waals surface area contributed by atoms with Crippen molar-refractivity contribution in [2.24, 2.45) is 0 Å². The number of aliphatic hydroxyl groups excluding tert-OH is 1. The van der Waals surface area contributed by atoms with Crippen LogP contribution in [0.5, 0.6) is 11.5 Å². The Balaban J connectivity index is 1.75. The van der Waals surface area contributed by atoms with Crippen molar-refractivity contribution in [1.29, 1.82) is 0 Å². The van der Waals surface area contributed by atoms with Crippen molar-refractivity contribution in [2.75, 3.05) is 19.8 Å². The Labute approximate surface area is 194 Å². The first-order valence-corrected chi connectivity index (χ1v) is 11.6. The topological polar surface area (TPSA) is 105 Å². The molecule has 0 atom stereocenters. The van der Waals surface area contributed by atoms with Gasteiger partial charge in [-0.05, 0) is 43.5 Å². The van der Waals surface area contributed by atoms with Gasteiger partial charge in [0, 0.05) is 12.0 Å². The van der Waals surface area contributed by atoms with Crippen molar-refractivity contribution < 1.29 is 29.3 Å². The van der Waals surface area contributed by atoms with Gasteiger partial charge in [-0.2, -0.15) is 0 Å². The number of carboxylic acid groups (broad SMARTS) is 1. The maximum atomic E-state index is 13.0. The maximum Gasteiger partial charge on any atom is 0.329 e. The van der Waals surface area contributed by atoms with E-state index < -0.39 is 17.4 Å². The number of aliphatic carboxylic acids is 1. The highest BCUT2D eigenvalue weighted by atomic mass is 16.5. The van der Waals surface area contributed by atoms with Crippen molar-refractivity contribution in [3.63, 3.8) is 0 Å². The third-order valence-corrected chi connectivity index (χ3v) is 6.00. The van der Waals surface area contributed by atoms with E-state index >= 15 is 0 Å². The highest BCUT2D eigenvalue weighted by Gasteiger charge is 2.40. The summed E-state index contributed by atoms with van der Waals surface area (Å²) in [7, 11) is 0. The van der Waals surface area contributed by atoms with Gasteiger partial charge in [0.2, 0.25) is 0 Å². The normalized spacial score (nSPS) is 15.3. The number of benzene rings is 2. The van der Waals surface area contributed by atoms with Crippen molar-refractivity contribution >= 4 is 11.9 Å². The van der Waals surface area contributed by atoms with E-state index in [9.17, 15) is 14.7 Å². The lowest BCUT2D eigenvalue weighted by Gasteiger charge is -2.29. The summed E-state index contributed by atoms with van der Waals surface area (Å²) in [4.78, 5) is 25.1. The zero-order valence-electron chi connectivity index (χ0n) is 19.1. The standard InChI is InChI=1S/C26H33NO6/c1-19-7-6-8-20(17-19)11-15-32-23-18-21(9-10-22(23)33-16-14-28)24(29)27-26(25(30)31)12-4-2-3-5-13-26/h6-10,17-18,28H,2-5,11-16H2,1H3,(H,27,29)(H,30,31). The summed E-state index contributed by atoms with van der Waals surface area (Å²) in [6, 6.07) is 12.9. The van der Waals surface area contributed by atoms with Gasteiger partial charge in [-0.15, -0.1) is 0 Å². The van der Waals surface area contributed by atoms with Gasteiger partial charge in [-0.1, -0.05) is 55.5 Å². The van der Waals surface area contributed by atoms with E-state index in [1.165, 1.54) is 5.56 Å². The van der Waals surface area contributed by atoms with Crippen LogP contribution in [-0.2, 0) is 11.2 Å². The molecule has 1 aliphatic rings. The molecule has 3 N–H and O–H groups in total. The average Bonchev–Trinajstić information content (AvgIpc) is 3.04. The minimum atomic E-state index is -1.24. The van der Waals surface area contributed by atoms with Crippen LogP contribution in [0.15, 0.2) is 42.5 Å². The summed E-state index contributed by atoms with van der Waals surface area (Å²) >= 11 is 0. The van der Waals surface area contributed by atoms with E-state index in [2.05, 4.69) is 11.4 Å². The number of carboxylic acids is 1. The van der Waals surface area contributed by atoms with Crippen molar-refractivity contribution in [1.82, 2.24) is 5.32 Å². The highest BCUT2D eigenvalue weighted by molar-refractivity contribution is 5.98. The lowest BCUT2D eigenvalue weighted by molar-refractivity contribution is -0.145. The SMILES string of the molecule is Cc1cccc(CCOc2cc(C(=O)NC3(C(=O)O)CCCCCC3)ccc2OCCO)c1. The van der Waals surface area contributed by atoms with Crippen LogP contribution in [-0.4, -0.2) is 47.4 Å². The molecule has 0 spiro atoms. The summed E-state index contributed by atoms with van der Waals surface area (Å²) in [5.41, 5.74) is 1.37. The fourth-order valence-corrected chi connectivity index (χ4v) is 4.20. The quantitative estimate of drug-likeness (QED) is 0.470. The first kappa shape index (κ1) is 24.6. The van der Waals surface area contributed by atoms with Crippen LogP contribution in [0.4, 0.5) is 0 Å². The van der Waals surface area contributed by atoms with Crippen molar-refractivity contribution in [3.8, 4) is 11.5 Å². The summed E-state index contributed by atoms with van der Waals surface area (Å²) in [5.74, 6) is -0.631. The zero-order chi connectivity index (χ0) is 23.7. The van der Waals surface area contributed by atoms with Crippen LogP contribution < -0.4 is 14.8 Å². The Kier molecular flexibility index (Phi) is 8.72. The number of carbonyl (C=O) groups excluding carboxylic acids is 1. The zero-order valence-corrected chi connectivity index (χ0v) is 19.1. The molecular weight excluding hydrogens is 422 g/mol. The summed E-state index contributed by atoms with van der Waals surface area (Å²) in [6.07, 6.45) is 5.01. The molecule has 2 aromatic rings. The molecule has 3 rings (SSSR count). The number of hydrogen-bond donors (Lipinski definition) is 3. The third-order valence-electron chi connectivity index (χ3n) is 6.00. The molecule has 2 aromatic carbocycles. The van der Waals surface area contributed by atoms with Crippen LogP contribution >= 0.6 is 0 Å². The fraction of sp³-hybridized carbons (Fsp3) is 0.462. The largest absolute Gasteiger partial charge is 0.489 e. The fourth-order valence-electron chi connectivity index (χ4n) is 4.20. The second-order valence-corrected chi connectivity index (χ2v) is 8.58. The van der Waals surface area contributed by atoms with E-state index in [-0.39, 0.29) is 13.2 Å². The summed E-state index contributed by atoms with van der Waals surface area (Å²) in [5, 5.41) is 21.8. The van der Waals surface area contributed by atoms with Gasteiger partial charge in [-0.25, -0.2) is 4.79 Å². The number of aliphatic hydroxyl groups is 1. The monoisotopic (exact) mass is 455 g/mol. The van der Waals surface area contributed by atoms with Gasteiger partial charge < -0.3 is 25.0 Å². The molecular formula is C26H33NO6. The molecule has 178 valence electrons. The van der Waals surface area contributed by atoms with Gasteiger partial charge in [0.15, 0.2) is 11.5 Å². The molecule has 1 fully saturated rings. The lowest BCUT2D eigenvalue weighted by Crippen LogP contribution is -2.54. The molecule has 0 bridgehead atoms. The maximum absolute atomic E-state index is 13.0. The molecule has 0 unspecified atom stereocenters. The van der Waals surface area contributed by atoms with E-state index in [4.69, 9.17) is 14.6 Å². The minimum absolute atomic E-state index is 0.0991. The highest BCUT2D eigenvalue weighted by Crippen LogP contribution is 2.31. The van der Waals surface area contributed by atoms with Gasteiger partial charge >= 0.3 is 5.97 Å². The van der Waals surface area contributed by atoms with Gasteiger partial charge in [0.1, 0.15) is 12.1 Å². The number of nitrogens with one attached hydrogen (secondary N) is 1. The average molecular weight is 456 g/mol. The Bertz CT molecular complexity index is 950. The molecule has 0 saturated heterocycles. The van der Waals surface area contributed by atoms with E-state index in [0.29, 0.717) is 42.9 Å². The van der Waals surface area contributed by atoms with Gasteiger partial charge in [-0.3, -0.25) is 4.79 Å². The first-order chi connectivity index (χ1) is 15.9. The second-order valence-electron chi connectivity index (χ2n) is 8.58. The molecule has 0 heterocycles. The van der Waals surface area contributed by atoms with Crippen LogP contribution in [0.3, 0.4) is 0 Å². The molecule has 0 aliphatic heterocycles. The van der Waals surface area contributed by atoms with Gasteiger partial charge in [0.25, 0.3) is 5.91 Å². The Morgan fingerprint density at radius 1 is 0.970 bits per heavy atom. The summed E-state index contributed by atoms with van der Waals surface area (Å²) in [6.45, 7) is 2.36. The van der Waals surface area contributed by atoms with E-state index in [1.54, 1.807) is 18.2 Å². The smallest absolute Gasteiger partial charge is 0.329 e. The number of carbonyl (C=O) groups is 2. The Morgan fingerprint density at radius 2 is 1.70 bits per heavy atom. The first-order valence-electron chi connectivity index (χ1n) is 11.6. The Hall–Kier alpha value is -3.06. The molecule has 1 saturated carbocycles. The summed E-state index contributed by atoms with van der Waals surface area (Å²) < 4.78 is 11.5. The third kappa shape index (κ3) is 6.71. The molecule has 0 radical (unpaired) electrons. The molecule has 33 heavy (non-hydrogen) atoms. The number of aryl methyl sites for hydroxylation is 1. The van der Waals surface area contributed by atoms with Crippen LogP contribution in [0.2, 0.25) is 0 Å². The van der Waals surface area contributed by atoms with Crippen molar-refractivity contribution in [3.05, 3.63) is 59.2 Å².